The van der Waals surface area contributed by atoms with Crippen LogP contribution in [0.25, 0.3) is 0 Å². The summed E-state index contributed by atoms with van der Waals surface area (Å²) >= 11 is 5.77. The molecule has 0 saturated carbocycles. The van der Waals surface area contributed by atoms with Crippen LogP contribution in [0, 0.1) is 0 Å². The maximum Gasteiger partial charge on any atom is 0.328 e. The first kappa shape index (κ1) is 27.6. The average molecular weight is 518 g/mol. The van der Waals surface area contributed by atoms with E-state index in [0.717, 1.165) is 13.2 Å². The Hall–Kier alpha value is -3.02. The average Bonchev–Trinajstić information content (AvgIpc) is 3.26. The lowest BCUT2D eigenvalue weighted by Crippen LogP contribution is -2.66. The molecule has 3 amide bonds. The second-order valence-corrected chi connectivity index (χ2v) is 9.14. The first-order chi connectivity index (χ1) is 17.2. The third-order valence-electron chi connectivity index (χ3n) is 5.76. The third kappa shape index (κ3) is 7.02. The molecule has 2 aromatic carbocycles. The molecule has 0 bridgehead atoms. The predicted octanol–water partition coefficient (Wildman–Crippen LogP) is 1.73. The van der Waals surface area contributed by atoms with Gasteiger partial charge in [0, 0.05) is 13.6 Å². The molecule has 2 saturated heterocycles. The zero-order valence-electron chi connectivity index (χ0n) is 20.5. The summed E-state index contributed by atoms with van der Waals surface area (Å²) in [7, 11) is 5.59. The number of carboxylic acid groups (broad SMARTS) is 1. The molecule has 4 rings (SSSR count). The number of fused-ring (bicyclic) bond motifs is 1. The van der Waals surface area contributed by atoms with Crippen LogP contribution >= 0.6 is 11.6 Å². The first-order valence-corrected chi connectivity index (χ1v) is 11.9. The summed E-state index contributed by atoms with van der Waals surface area (Å²) in [5.74, 6) is -1.83. The molecule has 3 N–H and O–H groups in total. The molecular weight excluding hydrogens is 486 g/mol. The van der Waals surface area contributed by atoms with Gasteiger partial charge in [-0.3, -0.25) is 25.1 Å². The number of alkyl halides is 1. The van der Waals surface area contributed by atoms with Gasteiger partial charge >= 0.3 is 12.0 Å². The largest absolute Gasteiger partial charge is 0.480 e. The molecule has 0 radical (unpaired) electrons. The van der Waals surface area contributed by atoms with Gasteiger partial charge in [0.2, 0.25) is 0 Å². The molecule has 2 aliphatic rings. The van der Waals surface area contributed by atoms with Gasteiger partial charge in [-0.2, -0.15) is 0 Å². The molecule has 2 fully saturated rings. The van der Waals surface area contributed by atoms with Crippen LogP contribution < -0.4 is 10.6 Å². The number of hydrogen-bond acceptors (Lipinski definition) is 7. The maximum absolute atomic E-state index is 11.9. The minimum Gasteiger partial charge on any atom is -0.480 e. The van der Waals surface area contributed by atoms with Crippen molar-refractivity contribution in [3.63, 3.8) is 0 Å². The van der Waals surface area contributed by atoms with E-state index in [1.54, 1.807) is 0 Å². The molecule has 0 spiro atoms. The Morgan fingerprint density at radius 2 is 1.61 bits per heavy atom. The van der Waals surface area contributed by atoms with Crippen molar-refractivity contribution in [2.75, 3.05) is 40.8 Å². The van der Waals surface area contributed by atoms with E-state index in [1.807, 2.05) is 12.1 Å². The Balaban J connectivity index is 0.000000202. The highest BCUT2D eigenvalue weighted by Gasteiger charge is 2.49. The van der Waals surface area contributed by atoms with E-state index in [4.69, 9.17) is 21.4 Å². The van der Waals surface area contributed by atoms with Crippen molar-refractivity contribution in [2.45, 2.75) is 23.9 Å². The first-order valence-electron chi connectivity index (χ1n) is 11.5. The van der Waals surface area contributed by atoms with E-state index in [0.29, 0.717) is 4.90 Å². The Bertz CT molecular complexity index is 987. The summed E-state index contributed by atoms with van der Waals surface area (Å²) in [5, 5.41) is 14.2. The standard InChI is InChI=1S/C17H21NO.C8H11ClN4O4/c1-18(2)13-14-19-17(15-9-5-3-6-10-15)16-11-7-4-8-12-16;1-12-5-4(10-7(9)11-5)6(16)13(8(12)17)2-3(14)15/h3-12,17H,13-14H2,1-2H3;4-5,7,10-11H,2H2,1H3,(H,14,15). The number of carbonyl (C=O) groups excluding carboxylic acids is 2. The number of nitrogens with zero attached hydrogens (tertiary/aromatic N) is 3. The van der Waals surface area contributed by atoms with E-state index in [-0.39, 0.29) is 6.10 Å². The lowest BCUT2D eigenvalue weighted by molar-refractivity contribution is -0.145. The molecule has 0 aromatic heterocycles. The minimum absolute atomic E-state index is 0.0161. The van der Waals surface area contributed by atoms with Gasteiger partial charge in [0.15, 0.2) is 0 Å². The summed E-state index contributed by atoms with van der Waals surface area (Å²) in [6.07, 6.45) is -0.537. The van der Waals surface area contributed by atoms with Gasteiger partial charge in [-0.05, 0) is 25.2 Å². The van der Waals surface area contributed by atoms with Crippen LogP contribution in [0.15, 0.2) is 60.7 Å². The molecule has 36 heavy (non-hydrogen) atoms. The van der Waals surface area contributed by atoms with Gasteiger partial charge in [0.25, 0.3) is 5.91 Å². The molecule has 3 atom stereocenters. The quantitative estimate of drug-likeness (QED) is 0.358. The van der Waals surface area contributed by atoms with Crippen LogP contribution in [0.3, 0.4) is 0 Å². The smallest absolute Gasteiger partial charge is 0.328 e. The maximum atomic E-state index is 11.9. The Morgan fingerprint density at radius 1 is 1.06 bits per heavy atom. The number of amides is 3. The van der Waals surface area contributed by atoms with Crippen LogP contribution in [0.2, 0.25) is 0 Å². The highest BCUT2D eigenvalue weighted by molar-refractivity contribution is 6.20. The Morgan fingerprint density at radius 3 is 2.11 bits per heavy atom. The number of hydrogen-bond donors (Lipinski definition) is 3. The van der Waals surface area contributed by atoms with Crippen LogP contribution in [-0.2, 0) is 14.3 Å². The predicted molar refractivity (Wildman–Crippen MR) is 135 cm³/mol. The second-order valence-electron chi connectivity index (χ2n) is 8.71. The molecular formula is C25H32ClN5O5. The van der Waals surface area contributed by atoms with Crippen LogP contribution in [0.4, 0.5) is 4.79 Å². The van der Waals surface area contributed by atoms with Gasteiger partial charge in [-0.25, -0.2) is 4.79 Å². The number of carboxylic acids is 1. The summed E-state index contributed by atoms with van der Waals surface area (Å²) < 4.78 is 6.08. The summed E-state index contributed by atoms with van der Waals surface area (Å²) in [5.41, 5.74) is 1.77. The number of benzene rings is 2. The van der Waals surface area contributed by atoms with Gasteiger partial charge in [0.05, 0.1) is 6.61 Å². The van der Waals surface area contributed by atoms with E-state index in [2.05, 4.69) is 78.2 Å². The molecule has 2 heterocycles. The van der Waals surface area contributed by atoms with Crippen molar-refractivity contribution in [3.05, 3.63) is 71.8 Å². The van der Waals surface area contributed by atoms with Crippen molar-refractivity contribution in [1.82, 2.24) is 25.3 Å². The number of aliphatic carboxylic acids is 1. The van der Waals surface area contributed by atoms with E-state index in [1.165, 1.54) is 23.1 Å². The molecule has 10 nitrogen and oxygen atoms in total. The van der Waals surface area contributed by atoms with Crippen molar-refractivity contribution in [1.29, 1.82) is 0 Å². The monoisotopic (exact) mass is 517 g/mol. The topological polar surface area (TPSA) is 114 Å². The van der Waals surface area contributed by atoms with Crippen LogP contribution in [0.1, 0.15) is 17.2 Å². The number of nitrogens with one attached hydrogen (secondary N) is 2. The number of likely N-dealkylation sites (N-methyl/N-ethyl adjacent to an activating group) is 2. The zero-order chi connectivity index (χ0) is 26.2. The van der Waals surface area contributed by atoms with Crippen molar-refractivity contribution in [2.24, 2.45) is 0 Å². The number of halogens is 1. The summed E-state index contributed by atoms with van der Waals surface area (Å²) in [6, 6.07) is 19.4. The minimum atomic E-state index is -1.24. The lowest BCUT2D eigenvalue weighted by Gasteiger charge is -2.38. The van der Waals surface area contributed by atoms with Crippen molar-refractivity contribution >= 4 is 29.5 Å². The van der Waals surface area contributed by atoms with Gasteiger partial charge in [-0.15, -0.1) is 0 Å². The molecule has 11 heteroatoms. The summed E-state index contributed by atoms with van der Waals surface area (Å²) in [6.45, 7) is 0.998. The fourth-order valence-corrected chi connectivity index (χ4v) is 4.20. The van der Waals surface area contributed by atoms with Crippen LogP contribution in [0.5, 0.6) is 0 Å². The van der Waals surface area contributed by atoms with Gasteiger partial charge < -0.3 is 19.6 Å². The third-order valence-corrected chi connectivity index (χ3v) is 6.01. The van der Waals surface area contributed by atoms with E-state index in [9.17, 15) is 14.4 Å². The highest BCUT2D eigenvalue weighted by atomic mass is 35.5. The molecule has 2 aromatic rings. The Labute approximate surface area is 215 Å². The highest BCUT2D eigenvalue weighted by Crippen LogP contribution is 2.25. The lowest BCUT2D eigenvalue weighted by atomic mass is 10.0. The number of carbonyl (C=O) groups is 3. The van der Waals surface area contributed by atoms with E-state index < -0.39 is 42.3 Å². The molecule has 3 unspecified atom stereocenters. The molecule has 2 aliphatic heterocycles. The fraction of sp³-hybridized carbons (Fsp3) is 0.400. The number of urea groups is 1. The molecule has 194 valence electrons. The van der Waals surface area contributed by atoms with Crippen molar-refractivity contribution < 1.29 is 24.2 Å². The van der Waals surface area contributed by atoms with Gasteiger partial charge in [0.1, 0.15) is 30.5 Å². The second kappa shape index (κ2) is 12.8. The van der Waals surface area contributed by atoms with E-state index >= 15 is 0 Å². The fourth-order valence-electron chi connectivity index (χ4n) is 3.93. The van der Waals surface area contributed by atoms with Crippen LogP contribution in [-0.4, -0.2) is 96.4 Å². The normalized spacial score (nSPS) is 21.4. The van der Waals surface area contributed by atoms with Gasteiger partial charge in [-0.1, -0.05) is 72.3 Å². The Kier molecular flexibility index (Phi) is 9.80. The number of imide groups is 1. The number of ether oxygens (including phenoxy) is 1. The molecule has 0 aliphatic carbocycles. The SMILES string of the molecule is CN(C)CCOC(c1ccccc1)c1ccccc1.CN1C(=O)N(CC(=O)O)C(=O)C2NC(Cl)NC21. The number of rotatable bonds is 8. The summed E-state index contributed by atoms with van der Waals surface area (Å²) in [4.78, 5) is 38.3. The van der Waals surface area contributed by atoms with Crippen molar-refractivity contribution in [3.8, 4) is 0 Å². The zero-order valence-corrected chi connectivity index (χ0v) is 21.3.